The molecule has 0 aliphatic heterocycles. The van der Waals surface area contributed by atoms with Gasteiger partial charge in [0.05, 0.1) is 0 Å². The molecule has 5 heteroatoms. The van der Waals surface area contributed by atoms with E-state index in [4.69, 9.17) is 0 Å². The number of carbonyl (C=O) groups excluding carboxylic acids is 1. The van der Waals surface area contributed by atoms with Gasteiger partial charge in [-0.2, -0.15) is 0 Å². The minimum absolute atomic E-state index is 0.0104. The number of H-pyrrole nitrogens is 1. The Labute approximate surface area is 108 Å². The van der Waals surface area contributed by atoms with Gasteiger partial charge in [-0.15, -0.1) is 0 Å². The summed E-state index contributed by atoms with van der Waals surface area (Å²) in [5.41, 5.74) is 1.63. The lowest BCUT2D eigenvalue weighted by Gasteiger charge is -2.06. The van der Waals surface area contributed by atoms with Gasteiger partial charge in [0.2, 0.25) is 5.91 Å². The Morgan fingerprint density at radius 3 is 2.61 bits per heavy atom. The van der Waals surface area contributed by atoms with Crippen LogP contribution in [-0.2, 0) is 11.3 Å². The van der Waals surface area contributed by atoms with Gasteiger partial charge in [-0.05, 0) is 20.3 Å². The predicted octanol–water partition coefficient (Wildman–Crippen LogP) is 1.49. The number of aromatic nitrogens is 2. The zero-order valence-corrected chi connectivity index (χ0v) is 11.5. The minimum Gasteiger partial charge on any atom is -0.356 e. The molecule has 0 fully saturated rings. The number of rotatable bonds is 7. The molecule has 0 aromatic carbocycles. The van der Waals surface area contributed by atoms with Gasteiger partial charge in [0.25, 0.3) is 0 Å². The van der Waals surface area contributed by atoms with E-state index < -0.39 is 0 Å². The number of hydrogen-bond acceptors (Lipinski definition) is 2. The molecular weight excluding hydrogens is 230 g/mol. The first kappa shape index (κ1) is 14.5. The largest absolute Gasteiger partial charge is 0.356 e. The average molecular weight is 253 g/mol. The summed E-state index contributed by atoms with van der Waals surface area (Å²) in [6.45, 7) is 7.04. The number of amides is 1. The van der Waals surface area contributed by atoms with Gasteiger partial charge in [0.15, 0.2) is 0 Å². The van der Waals surface area contributed by atoms with E-state index in [9.17, 15) is 9.59 Å². The number of hydrogen-bond donors (Lipinski definition) is 2. The van der Waals surface area contributed by atoms with E-state index in [0.717, 1.165) is 37.2 Å². The van der Waals surface area contributed by atoms with Crippen molar-refractivity contribution in [3.63, 3.8) is 0 Å². The Kier molecular flexibility index (Phi) is 5.68. The van der Waals surface area contributed by atoms with Gasteiger partial charge >= 0.3 is 5.69 Å². The van der Waals surface area contributed by atoms with Crippen LogP contribution in [0.4, 0.5) is 0 Å². The van der Waals surface area contributed by atoms with Crippen molar-refractivity contribution in [2.45, 2.75) is 53.0 Å². The van der Waals surface area contributed by atoms with Crippen molar-refractivity contribution in [1.29, 1.82) is 0 Å². The highest BCUT2D eigenvalue weighted by molar-refractivity contribution is 5.75. The predicted molar refractivity (Wildman–Crippen MR) is 71.7 cm³/mol. The number of nitrogens with one attached hydrogen (secondary N) is 2. The zero-order chi connectivity index (χ0) is 13.5. The van der Waals surface area contributed by atoms with Gasteiger partial charge in [0, 0.05) is 30.9 Å². The molecule has 0 bridgehead atoms. The molecule has 0 atom stereocenters. The van der Waals surface area contributed by atoms with Crippen LogP contribution in [0.5, 0.6) is 0 Å². The van der Waals surface area contributed by atoms with Gasteiger partial charge in [0.1, 0.15) is 0 Å². The molecular formula is C13H23N3O2. The van der Waals surface area contributed by atoms with Gasteiger partial charge in [-0.25, -0.2) is 4.79 Å². The SMILES string of the molecule is CCCCCNC(=O)CCn1c(C)c(C)[nH]c1=O. The van der Waals surface area contributed by atoms with E-state index in [2.05, 4.69) is 17.2 Å². The van der Waals surface area contributed by atoms with Crippen LogP contribution >= 0.6 is 0 Å². The molecule has 2 N–H and O–H groups in total. The Bertz CT molecular complexity index is 446. The summed E-state index contributed by atoms with van der Waals surface area (Å²) in [5, 5.41) is 2.87. The maximum atomic E-state index is 11.6. The fourth-order valence-corrected chi connectivity index (χ4v) is 1.85. The first-order valence-corrected chi connectivity index (χ1v) is 6.59. The summed E-state index contributed by atoms with van der Waals surface area (Å²) in [6.07, 6.45) is 3.65. The van der Waals surface area contributed by atoms with Crippen molar-refractivity contribution in [1.82, 2.24) is 14.9 Å². The van der Waals surface area contributed by atoms with E-state index >= 15 is 0 Å². The second kappa shape index (κ2) is 7.03. The lowest BCUT2D eigenvalue weighted by atomic mass is 10.2. The van der Waals surface area contributed by atoms with Crippen LogP contribution in [0.1, 0.15) is 44.0 Å². The highest BCUT2D eigenvalue weighted by Crippen LogP contribution is 2.01. The van der Waals surface area contributed by atoms with Crippen molar-refractivity contribution in [2.24, 2.45) is 0 Å². The molecule has 102 valence electrons. The van der Waals surface area contributed by atoms with E-state index in [1.165, 1.54) is 0 Å². The Hall–Kier alpha value is -1.52. The number of aryl methyl sites for hydroxylation is 1. The van der Waals surface area contributed by atoms with Crippen molar-refractivity contribution >= 4 is 5.91 Å². The highest BCUT2D eigenvalue weighted by atomic mass is 16.2. The summed E-state index contributed by atoms with van der Waals surface area (Å²) < 4.78 is 1.61. The molecule has 0 saturated carbocycles. The number of carbonyl (C=O) groups is 1. The maximum Gasteiger partial charge on any atom is 0.325 e. The lowest BCUT2D eigenvalue weighted by molar-refractivity contribution is -0.121. The van der Waals surface area contributed by atoms with Crippen LogP contribution in [0.25, 0.3) is 0 Å². The molecule has 1 heterocycles. The summed E-state index contributed by atoms with van der Waals surface area (Å²) in [4.78, 5) is 25.9. The minimum atomic E-state index is -0.135. The molecule has 0 radical (unpaired) electrons. The topological polar surface area (TPSA) is 66.9 Å². The van der Waals surface area contributed by atoms with Crippen molar-refractivity contribution < 1.29 is 4.79 Å². The van der Waals surface area contributed by atoms with Gasteiger partial charge < -0.3 is 10.3 Å². The molecule has 0 saturated heterocycles. The first-order chi connectivity index (χ1) is 8.56. The summed E-state index contributed by atoms with van der Waals surface area (Å²) in [7, 11) is 0. The van der Waals surface area contributed by atoms with Crippen LogP contribution in [0, 0.1) is 13.8 Å². The molecule has 1 amide bonds. The molecule has 1 aromatic rings. The van der Waals surface area contributed by atoms with Crippen LogP contribution in [0.3, 0.4) is 0 Å². The van der Waals surface area contributed by atoms with Crippen LogP contribution in [0.15, 0.2) is 4.79 Å². The smallest absolute Gasteiger partial charge is 0.325 e. The van der Waals surface area contributed by atoms with Crippen molar-refractivity contribution in [3.8, 4) is 0 Å². The number of imidazole rings is 1. The number of unbranched alkanes of at least 4 members (excludes halogenated alkanes) is 2. The molecule has 0 aliphatic rings. The van der Waals surface area contributed by atoms with Gasteiger partial charge in [-0.1, -0.05) is 19.8 Å². The third-order valence-corrected chi connectivity index (χ3v) is 3.15. The molecule has 0 unspecified atom stereocenters. The van der Waals surface area contributed by atoms with E-state index in [1.807, 2.05) is 13.8 Å². The Morgan fingerprint density at radius 2 is 2.06 bits per heavy atom. The van der Waals surface area contributed by atoms with Gasteiger partial charge in [-0.3, -0.25) is 9.36 Å². The fourth-order valence-electron chi connectivity index (χ4n) is 1.85. The zero-order valence-electron chi connectivity index (χ0n) is 11.5. The Balaban J connectivity index is 2.36. The summed E-state index contributed by atoms with van der Waals surface area (Å²) in [6, 6.07) is 0. The third-order valence-electron chi connectivity index (χ3n) is 3.15. The molecule has 5 nitrogen and oxygen atoms in total. The first-order valence-electron chi connectivity index (χ1n) is 6.59. The molecule has 0 spiro atoms. The highest BCUT2D eigenvalue weighted by Gasteiger charge is 2.08. The Morgan fingerprint density at radius 1 is 1.33 bits per heavy atom. The standard InChI is InChI=1S/C13H23N3O2/c1-4-5-6-8-14-12(17)7-9-16-11(3)10(2)15-13(16)18/h4-9H2,1-3H3,(H,14,17)(H,15,18). The van der Waals surface area contributed by atoms with Crippen molar-refractivity contribution in [2.75, 3.05) is 6.54 Å². The van der Waals surface area contributed by atoms with Crippen LogP contribution in [0.2, 0.25) is 0 Å². The second-order valence-corrected chi connectivity index (χ2v) is 4.60. The summed E-state index contributed by atoms with van der Waals surface area (Å²) in [5.74, 6) is 0.0104. The van der Waals surface area contributed by atoms with Crippen LogP contribution in [-0.4, -0.2) is 22.0 Å². The van der Waals surface area contributed by atoms with Crippen molar-refractivity contribution in [3.05, 3.63) is 21.9 Å². The fraction of sp³-hybridized carbons (Fsp3) is 0.692. The molecule has 1 aromatic heterocycles. The third kappa shape index (κ3) is 4.05. The molecule has 0 aliphatic carbocycles. The van der Waals surface area contributed by atoms with Crippen LogP contribution < -0.4 is 11.0 Å². The number of aromatic amines is 1. The quantitative estimate of drug-likeness (QED) is 0.723. The second-order valence-electron chi connectivity index (χ2n) is 4.60. The maximum absolute atomic E-state index is 11.6. The normalized spacial score (nSPS) is 10.6. The van der Waals surface area contributed by atoms with E-state index in [0.29, 0.717) is 13.0 Å². The number of nitrogens with zero attached hydrogens (tertiary/aromatic N) is 1. The molecule has 1 rings (SSSR count). The van der Waals surface area contributed by atoms with E-state index in [1.54, 1.807) is 4.57 Å². The average Bonchev–Trinajstić information content (AvgIpc) is 2.57. The monoisotopic (exact) mass is 253 g/mol. The lowest BCUT2D eigenvalue weighted by Crippen LogP contribution is -2.27. The molecule has 18 heavy (non-hydrogen) atoms. The van der Waals surface area contributed by atoms with E-state index in [-0.39, 0.29) is 11.6 Å². The summed E-state index contributed by atoms with van der Waals surface area (Å²) >= 11 is 0.